The average Bonchev–Trinajstić information content (AvgIpc) is 2.75. The number of carbonyl (C=O) groups excluding carboxylic acids is 2. The molecule has 2 amide bonds. The third-order valence-electron chi connectivity index (χ3n) is 4.40. The number of anilines is 1. The van der Waals surface area contributed by atoms with Crippen molar-refractivity contribution in [3.05, 3.63) is 64.1 Å². The topological polar surface area (TPSA) is 133 Å². The van der Waals surface area contributed by atoms with Crippen molar-refractivity contribution in [2.24, 2.45) is 0 Å². The summed E-state index contributed by atoms with van der Waals surface area (Å²) in [5.41, 5.74) is 2.81. The van der Waals surface area contributed by atoms with Crippen LogP contribution in [0, 0.1) is 6.92 Å². The van der Waals surface area contributed by atoms with Crippen LogP contribution >= 0.6 is 15.9 Å². The number of rotatable bonds is 11. The number of carbonyl (C=O) groups is 4. The van der Waals surface area contributed by atoms with Crippen LogP contribution in [-0.2, 0) is 25.6 Å². The molecule has 0 spiro atoms. The summed E-state index contributed by atoms with van der Waals surface area (Å²) < 4.78 is 0.938. The van der Waals surface area contributed by atoms with Crippen molar-refractivity contribution in [3.8, 4) is 0 Å². The molecule has 0 aliphatic rings. The molecule has 2 rings (SSSR count). The van der Waals surface area contributed by atoms with Crippen molar-refractivity contribution in [2.45, 2.75) is 45.4 Å². The molecule has 33 heavy (non-hydrogen) atoms. The molecule has 2 aromatic carbocycles. The van der Waals surface area contributed by atoms with Gasteiger partial charge in [-0.3, -0.25) is 19.2 Å². The highest BCUT2D eigenvalue weighted by atomic mass is 79.9. The average molecular weight is 521 g/mol. The summed E-state index contributed by atoms with van der Waals surface area (Å²) in [6, 6.07) is 15.4. The van der Waals surface area contributed by atoms with Crippen LogP contribution in [0.1, 0.15) is 43.2 Å². The molecule has 0 aliphatic heterocycles. The molecule has 2 aromatic rings. The number of amides is 2. The van der Waals surface area contributed by atoms with Gasteiger partial charge in [0.2, 0.25) is 11.8 Å². The number of hydrogen-bond donors (Lipinski definition) is 4. The Hall–Kier alpha value is -3.20. The standard InChI is InChI=1S/C13H17NO3.C11H12BrNO3/c15-12(7-4-8-13(16)17)14-10-9-11-5-2-1-3-6-11;1-7-6-8(12)2-3-9(7)13-10(14)4-5-11(15)16/h1-3,5-6H,4,7-10H2,(H,14,15)(H,16,17);2-3,6H,4-5H2,1H3,(H,13,14)(H,15,16). The number of carboxylic acids is 2. The van der Waals surface area contributed by atoms with Crippen LogP contribution in [0.5, 0.6) is 0 Å². The first-order chi connectivity index (χ1) is 15.7. The maximum atomic E-state index is 11.4. The van der Waals surface area contributed by atoms with Gasteiger partial charge < -0.3 is 20.8 Å². The third-order valence-corrected chi connectivity index (χ3v) is 4.89. The summed E-state index contributed by atoms with van der Waals surface area (Å²) in [7, 11) is 0. The van der Waals surface area contributed by atoms with E-state index >= 15 is 0 Å². The van der Waals surface area contributed by atoms with Crippen molar-refractivity contribution in [1.82, 2.24) is 5.32 Å². The van der Waals surface area contributed by atoms with Gasteiger partial charge in [-0.15, -0.1) is 0 Å². The fourth-order valence-corrected chi connectivity index (χ4v) is 3.16. The third kappa shape index (κ3) is 13.7. The van der Waals surface area contributed by atoms with Gasteiger partial charge in [-0.05, 0) is 49.1 Å². The highest BCUT2D eigenvalue weighted by Gasteiger charge is 2.07. The van der Waals surface area contributed by atoms with Gasteiger partial charge in [0.05, 0.1) is 6.42 Å². The first-order valence-electron chi connectivity index (χ1n) is 10.5. The van der Waals surface area contributed by atoms with E-state index in [-0.39, 0.29) is 37.5 Å². The molecule has 0 bridgehead atoms. The first kappa shape index (κ1) is 27.8. The lowest BCUT2D eigenvalue weighted by atomic mass is 10.1. The van der Waals surface area contributed by atoms with Gasteiger partial charge in [0.25, 0.3) is 0 Å². The second kappa shape index (κ2) is 15.6. The fraction of sp³-hybridized carbons (Fsp3) is 0.333. The van der Waals surface area contributed by atoms with Crippen molar-refractivity contribution < 1.29 is 29.4 Å². The van der Waals surface area contributed by atoms with E-state index < -0.39 is 11.9 Å². The van der Waals surface area contributed by atoms with E-state index in [0.29, 0.717) is 18.7 Å². The quantitative estimate of drug-likeness (QED) is 0.351. The van der Waals surface area contributed by atoms with Crippen LogP contribution in [-0.4, -0.2) is 40.5 Å². The molecule has 0 radical (unpaired) electrons. The van der Waals surface area contributed by atoms with E-state index in [4.69, 9.17) is 10.2 Å². The Labute approximate surface area is 201 Å². The highest BCUT2D eigenvalue weighted by Crippen LogP contribution is 2.20. The van der Waals surface area contributed by atoms with Crippen LogP contribution in [0.2, 0.25) is 0 Å². The smallest absolute Gasteiger partial charge is 0.303 e. The maximum Gasteiger partial charge on any atom is 0.303 e. The number of hydrogen-bond acceptors (Lipinski definition) is 4. The molecule has 8 nitrogen and oxygen atoms in total. The molecule has 9 heteroatoms. The van der Waals surface area contributed by atoms with Crippen LogP contribution in [0.4, 0.5) is 5.69 Å². The lowest BCUT2D eigenvalue weighted by Crippen LogP contribution is -2.25. The largest absolute Gasteiger partial charge is 0.481 e. The Balaban J connectivity index is 0.000000331. The Morgan fingerprint density at radius 3 is 2.12 bits per heavy atom. The Morgan fingerprint density at radius 2 is 1.52 bits per heavy atom. The first-order valence-corrected chi connectivity index (χ1v) is 11.3. The van der Waals surface area contributed by atoms with Crippen molar-refractivity contribution in [3.63, 3.8) is 0 Å². The van der Waals surface area contributed by atoms with Crippen LogP contribution in [0.15, 0.2) is 53.0 Å². The Bertz CT molecular complexity index is 934. The van der Waals surface area contributed by atoms with E-state index in [0.717, 1.165) is 16.5 Å². The number of aryl methyl sites for hydroxylation is 1. The van der Waals surface area contributed by atoms with Gasteiger partial charge in [0, 0.05) is 36.0 Å². The van der Waals surface area contributed by atoms with Crippen LogP contribution in [0.3, 0.4) is 0 Å². The van der Waals surface area contributed by atoms with E-state index in [2.05, 4.69) is 26.6 Å². The van der Waals surface area contributed by atoms with Crippen LogP contribution in [0.25, 0.3) is 0 Å². The Kier molecular flexibility index (Phi) is 13.1. The molecule has 178 valence electrons. The SMILES string of the molecule is Cc1cc(Br)ccc1NC(=O)CCC(=O)O.O=C(O)CCCC(=O)NCCc1ccccc1. The van der Waals surface area contributed by atoms with E-state index in [1.165, 1.54) is 5.56 Å². The fourth-order valence-electron chi connectivity index (χ4n) is 2.68. The highest BCUT2D eigenvalue weighted by molar-refractivity contribution is 9.10. The van der Waals surface area contributed by atoms with Gasteiger partial charge in [-0.25, -0.2) is 0 Å². The molecule has 0 aliphatic carbocycles. The number of aliphatic carboxylic acids is 2. The second-order valence-corrected chi connectivity index (χ2v) is 8.15. The normalized spacial score (nSPS) is 9.88. The zero-order chi connectivity index (χ0) is 24.6. The molecule has 0 saturated heterocycles. The minimum absolute atomic E-state index is 0.00909. The van der Waals surface area contributed by atoms with E-state index in [1.54, 1.807) is 6.07 Å². The number of carboxylic acid groups (broad SMARTS) is 2. The molecule has 0 unspecified atom stereocenters. The molecule has 0 saturated carbocycles. The summed E-state index contributed by atoms with van der Waals surface area (Å²) >= 11 is 3.32. The summed E-state index contributed by atoms with van der Waals surface area (Å²) in [4.78, 5) is 43.2. The van der Waals surface area contributed by atoms with Crippen molar-refractivity contribution >= 4 is 45.4 Å². The zero-order valence-corrected chi connectivity index (χ0v) is 20.1. The van der Waals surface area contributed by atoms with Gasteiger partial charge in [0.15, 0.2) is 0 Å². The summed E-state index contributed by atoms with van der Waals surface area (Å²) in [5, 5.41) is 22.3. The molecular weight excluding hydrogens is 492 g/mol. The second-order valence-electron chi connectivity index (χ2n) is 7.23. The number of nitrogens with one attached hydrogen (secondary N) is 2. The predicted molar refractivity (Wildman–Crippen MR) is 129 cm³/mol. The van der Waals surface area contributed by atoms with Gasteiger partial charge in [-0.1, -0.05) is 46.3 Å². The van der Waals surface area contributed by atoms with E-state index in [1.807, 2.05) is 49.4 Å². The minimum Gasteiger partial charge on any atom is -0.481 e. The van der Waals surface area contributed by atoms with Crippen molar-refractivity contribution in [2.75, 3.05) is 11.9 Å². The molecule has 0 atom stereocenters. The molecule has 0 heterocycles. The summed E-state index contributed by atoms with van der Waals surface area (Å²) in [5.74, 6) is -2.19. The maximum absolute atomic E-state index is 11.4. The number of halogens is 1. The molecule has 0 aromatic heterocycles. The monoisotopic (exact) mass is 520 g/mol. The summed E-state index contributed by atoms with van der Waals surface area (Å²) in [6.45, 7) is 2.47. The van der Waals surface area contributed by atoms with Gasteiger partial charge in [-0.2, -0.15) is 0 Å². The van der Waals surface area contributed by atoms with Crippen LogP contribution < -0.4 is 10.6 Å². The molecule has 4 N–H and O–H groups in total. The van der Waals surface area contributed by atoms with Crippen molar-refractivity contribution in [1.29, 1.82) is 0 Å². The summed E-state index contributed by atoms with van der Waals surface area (Å²) in [6.07, 6.45) is 1.36. The Morgan fingerprint density at radius 1 is 0.848 bits per heavy atom. The van der Waals surface area contributed by atoms with Gasteiger partial charge >= 0.3 is 11.9 Å². The zero-order valence-electron chi connectivity index (χ0n) is 18.5. The van der Waals surface area contributed by atoms with Gasteiger partial charge in [0.1, 0.15) is 0 Å². The molecule has 0 fully saturated rings. The predicted octanol–water partition coefficient (Wildman–Crippen LogP) is 4.16. The van der Waals surface area contributed by atoms with E-state index in [9.17, 15) is 19.2 Å². The number of benzene rings is 2. The molecular formula is C24H29BrN2O6. The lowest BCUT2D eigenvalue weighted by molar-refractivity contribution is -0.138. The minimum atomic E-state index is -0.970. The lowest BCUT2D eigenvalue weighted by Gasteiger charge is -2.07.